The maximum atomic E-state index is 12.9. The summed E-state index contributed by atoms with van der Waals surface area (Å²) in [4.78, 5) is 36.1. The molecule has 2 aliphatic carbocycles. The molecule has 1 aliphatic heterocycles. The minimum Gasteiger partial charge on any atom is -0.308 e. The summed E-state index contributed by atoms with van der Waals surface area (Å²) in [6, 6.07) is 8.14. The molecule has 1 aromatic carbocycles. The molecule has 3 aromatic rings. The maximum absolute atomic E-state index is 12.9. The Hall–Kier alpha value is -3.98. The van der Waals surface area contributed by atoms with E-state index in [9.17, 15) is 4.79 Å². The summed E-state index contributed by atoms with van der Waals surface area (Å²) < 4.78 is 0. The number of pyridine rings is 1. The Morgan fingerprint density at radius 1 is 1.14 bits per heavy atom. The van der Waals surface area contributed by atoms with E-state index >= 15 is 0 Å². The number of Topliss-reactive ketones (excluding diaryl/α,β-unsaturated/α-hetero) is 1. The standard InChI is InChI=1S/C30H27N5O/c1-16-13-33-18(3)25(16)26-21-10-11-23-17(2)27(36)24(31-5)12-30(23,4)28(21)35-29(34-26)22-15-32-14-19-8-6-7-9-20(19)22/h6-9,12,14-15,17,23H,10-11,13H2,1-4H3/t17-,23-,30-/m1/s1. The second-order valence-corrected chi connectivity index (χ2v) is 10.4. The molecule has 0 amide bonds. The molecule has 36 heavy (non-hydrogen) atoms. The zero-order valence-electron chi connectivity index (χ0n) is 21.0. The molecule has 3 aliphatic rings. The number of aliphatic imine (C=N–C) groups is 1. The molecule has 178 valence electrons. The molecule has 0 spiro atoms. The molecule has 3 atom stereocenters. The van der Waals surface area contributed by atoms with Gasteiger partial charge < -0.3 is 4.79 Å². The van der Waals surface area contributed by atoms with E-state index in [1.165, 1.54) is 5.57 Å². The molecule has 0 N–H and O–H groups in total. The number of hydrogen-bond acceptors (Lipinski definition) is 5. The number of aromatic nitrogens is 3. The predicted molar refractivity (Wildman–Crippen MR) is 141 cm³/mol. The minimum atomic E-state index is -0.538. The number of fused-ring (bicyclic) bond motifs is 4. The number of nitrogens with zero attached hydrogens (tertiary/aromatic N) is 5. The van der Waals surface area contributed by atoms with Gasteiger partial charge in [0, 0.05) is 51.5 Å². The third-order valence-electron chi connectivity index (χ3n) is 8.31. The molecular weight excluding hydrogens is 446 g/mol. The number of hydrogen-bond donors (Lipinski definition) is 0. The lowest BCUT2D eigenvalue weighted by molar-refractivity contribution is -0.121. The molecule has 6 heteroatoms. The lowest BCUT2D eigenvalue weighted by atomic mass is 9.58. The van der Waals surface area contributed by atoms with Crippen LogP contribution < -0.4 is 0 Å². The Bertz CT molecular complexity index is 1600. The monoisotopic (exact) mass is 473 g/mol. The SMILES string of the molecule is [C-]#[N+]C1=C[C@@]2(C)c3nc(-c4cncc5ccccc45)nc(C4=C(C)CN=C4C)c3CC[C@@H]2[C@@H](C)C1=O. The molecule has 0 fully saturated rings. The van der Waals surface area contributed by atoms with Crippen molar-refractivity contribution in [3.63, 3.8) is 0 Å². The van der Waals surface area contributed by atoms with E-state index < -0.39 is 5.41 Å². The predicted octanol–water partition coefficient (Wildman–Crippen LogP) is 5.78. The van der Waals surface area contributed by atoms with Gasteiger partial charge in [0.1, 0.15) is 0 Å². The van der Waals surface area contributed by atoms with Gasteiger partial charge in [-0.05, 0) is 43.6 Å². The molecule has 0 radical (unpaired) electrons. The molecule has 6 nitrogen and oxygen atoms in total. The van der Waals surface area contributed by atoms with Crippen molar-refractivity contribution in [3.05, 3.63) is 82.4 Å². The number of rotatable bonds is 2. The second-order valence-electron chi connectivity index (χ2n) is 10.4. The van der Waals surface area contributed by atoms with Crippen LogP contribution in [0.3, 0.4) is 0 Å². The molecule has 6 rings (SSSR count). The quantitative estimate of drug-likeness (QED) is 0.442. The van der Waals surface area contributed by atoms with Crippen LogP contribution in [0.4, 0.5) is 0 Å². The van der Waals surface area contributed by atoms with Gasteiger partial charge in [-0.25, -0.2) is 14.8 Å². The highest BCUT2D eigenvalue weighted by atomic mass is 16.1. The van der Waals surface area contributed by atoms with Crippen molar-refractivity contribution in [3.8, 4) is 11.4 Å². The minimum absolute atomic E-state index is 0.0546. The van der Waals surface area contributed by atoms with Crippen molar-refractivity contribution >= 4 is 27.8 Å². The second kappa shape index (κ2) is 8.03. The van der Waals surface area contributed by atoms with Gasteiger partial charge in [-0.1, -0.05) is 44.2 Å². The fraction of sp³-hybridized carbons (Fsp3) is 0.333. The molecule has 0 unspecified atom stereocenters. The Labute approximate surface area is 210 Å². The Balaban J connectivity index is 1.69. The van der Waals surface area contributed by atoms with Crippen LogP contribution in [0.5, 0.6) is 0 Å². The van der Waals surface area contributed by atoms with Crippen LogP contribution >= 0.6 is 0 Å². The van der Waals surface area contributed by atoms with Crippen LogP contribution in [0.2, 0.25) is 0 Å². The van der Waals surface area contributed by atoms with Gasteiger partial charge in [-0.2, -0.15) is 0 Å². The highest BCUT2D eigenvalue weighted by Crippen LogP contribution is 2.51. The topological polar surface area (TPSA) is 72.5 Å². The lowest BCUT2D eigenvalue weighted by Gasteiger charge is -2.46. The van der Waals surface area contributed by atoms with E-state index in [4.69, 9.17) is 21.5 Å². The maximum Gasteiger partial charge on any atom is 0.226 e. The smallest absolute Gasteiger partial charge is 0.226 e. The molecule has 0 bridgehead atoms. The van der Waals surface area contributed by atoms with Crippen molar-refractivity contribution in [2.24, 2.45) is 16.8 Å². The van der Waals surface area contributed by atoms with Crippen LogP contribution in [-0.4, -0.2) is 33.0 Å². The highest BCUT2D eigenvalue weighted by Gasteiger charge is 2.49. The van der Waals surface area contributed by atoms with Gasteiger partial charge >= 0.3 is 0 Å². The molecule has 3 heterocycles. The van der Waals surface area contributed by atoms with Gasteiger partial charge in [0.15, 0.2) is 11.6 Å². The average Bonchev–Trinajstić information content (AvgIpc) is 3.22. The van der Waals surface area contributed by atoms with Gasteiger partial charge in [0.25, 0.3) is 0 Å². The van der Waals surface area contributed by atoms with Crippen molar-refractivity contribution in [2.75, 3.05) is 6.54 Å². The van der Waals surface area contributed by atoms with E-state index in [1.54, 1.807) is 0 Å². The summed E-state index contributed by atoms with van der Waals surface area (Å²) in [6.07, 6.45) is 7.22. The van der Waals surface area contributed by atoms with Gasteiger partial charge in [-0.15, -0.1) is 0 Å². The van der Waals surface area contributed by atoms with E-state index in [2.05, 4.69) is 29.7 Å². The van der Waals surface area contributed by atoms with E-state index in [1.807, 2.05) is 50.5 Å². The first-order chi connectivity index (χ1) is 17.3. The third-order valence-corrected chi connectivity index (χ3v) is 8.31. The number of ketones is 1. The first-order valence-corrected chi connectivity index (χ1v) is 12.4. The van der Waals surface area contributed by atoms with Gasteiger partial charge in [0.2, 0.25) is 5.70 Å². The van der Waals surface area contributed by atoms with Crippen LogP contribution in [0.1, 0.15) is 51.1 Å². The Morgan fingerprint density at radius 3 is 2.69 bits per heavy atom. The molecular formula is C30H27N5O. The van der Waals surface area contributed by atoms with Crippen LogP contribution in [-0.2, 0) is 16.6 Å². The number of carbonyl (C=O) groups excluding carboxylic acids is 1. The zero-order valence-corrected chi connectivity index (χ0v) is 21.0. The van der Waals surface area contributed by atoms with Crippen LogP contribution in [0, 0.1) is 18.4 Å². The Morgan fingerprint density at radius 2 is 1.94 bits per heavy atom. The van der Waals surface area contributed by atoms with E-state index in [0.717, 1.165) is 57.4 Å². The number of benzene rings is 1. The normalized spacial score (nSPS) is 25.2. The average molecular weight is 474 g/mol. The molecule has 2 aromatic heterocycles. The number of allylic oxidation sites excluding steroid dienone is 3. The third kappa shape index (κ3) is 3.12. The molecule has 0 saturated heterocycles. The first-order valence-electron chi connectivity index (χ1n) is 12.4. The summed E-state index contributed by atoms with van der Waals surface area (Å²) >= 11 is 0. The fourth-order valence-electron chi connectivity index (χ4n) is 6.44. The van der Waals surface area contributed by atoms with E-state index in [0.29, 0.717) is 12.4 Å². The largest absolute Gasteiger partial charge is 0.308 e. The zero-order chi connectivity index (χ0) is 25.2. The van der Waals surface area contributed by atoms with E-state index in [-0.39, 0.29) is 23.3 Å². The van der Waals surface area contributed by atoms with Crippen molar-refractivity contribution in [1.29, 1.82) is 0 Å². The van der Waals surface area contributed by atoms with Crippen molar-refractivity contribution < 1.29 is 4.79 Å². The summed E-state index contributed by atoms with van der Waals surface area (Å²) in [6.45, 7) is 16.6. The Kier molecular flexibility index (Phi) is 5.01. The highest BCUT2D eigenvalue weighted by molar-refractivity contribution is 6.25. The lowest BCUT2D eigenvalue weighted by Crippen LogP contribution is -2.46. The van der Waals surface area contributed by atoms with Crippen LogP contribution in [0.25, 0.3) is 32.6 Å². The summed E-state index contributed by atoms with van der Waals surface area (Å²) in [7, 11) is 0. The summed E-state index contributed by atoms with van der Waals surface area (Å²) in [5.74, 6) is 0.421. The first kappa shape index (κ1) is 22.5. The summed E-state index contributed by atoms with van der Waals surface area (Å²) in [5, 5.41) is 2.08. The fourth-order valence-corrected chi connectivity index (χ4v) is 6.44. The van der Waals surface area contributed by atoms with Gasteiger partial charge in [-0.3, -0.25) is 9.98 Å². The van der Waals surface area contributed by atoms with Crippen LogP contribution in [0.15, 0.2) is 59.0 Å². The van der Waals surface area contributed by atoms with Crippen molar-refractivity contribution in [2.45, 2.75) is 46.0 Å². The van der Waals surface area contributed by atoms with Crippen molar-refractivity contribution in [1.82, 2.24) is 15.0 Å². The molecule has 0 saturated carbocycles. The summed E-state index contributed by atoms with van der Waals surface area (Å²) in [5.41, 5.74) is 6.81. The number of carbonyl (C=O) groups is 1. The van der Waals surface area contributed by atoms with Gasteiger partial charge in [0.05, 0.1) is 24.5 Å².